The van der Waals surface area contributed by atoms with Crippen LogP contribution in [0.15, 0.2) is 59.1 Å². The van der Waals surface area contributed by atoms with Gasteiger partial charge in [0.25, 0.3) is 0 Å². The number of carbonyl (C=O) groups excluding carboxylic acids is 2. The Kier molecular flexibility index (Phi) is 6.01. The van der Waals surface area contributed by atoms with Crippen LogP contribution in [0, 0.1) is 5.92 Å². The molecule has 0 radical (unpaired) electrons. The highest BCUT2D eigenvalue weighted by Gasteiger charge is 2.44. The summed E-state index contributed by atoms with van der Waals surface area (Å²) in [6.07, 6.45) is 2.29. The zero-order valence-electron chi connectivity index (χ0n) is 16.2. The molecule has 0 unspecified atom stereocenters. The van der Waals surface area contributed by atoms with Gasteiger partial charge in [-0.15, -0.1) is 0 Å². The fourth-order valence-electron chi connectivity index (χ4n) is 4.52. The van der Waals surface area contributed by atoms with Crippen molar-refractivity contribution in [1.29, 1.82) is 0 Å². The maximum absolute atomic E-state index is 13.5. The van der Waals surface area contributed by atoms with E-state index in [1.54, 1.807) is 0 Å². The van der Waals surface area contributed by atoms with Crippen LogP contribution in [0.4, 0.5) is 4.79 Å². The second kappa shape index (κ2) is 8.67. The Morgan fingerprint density at radius 2 is 1.83 bits per heavy atom. The molecule has 6 heteroatoms. The number of nitrogens with two attached hydrogens (primary N) is 1. The van der Waals surface area contributed by atoms with E-state index < -0.39 is 6.09 Å². The molecule has 2 amide bonds. The minimum absolute atomic E-state index is 0.00475. The zero-order valence-corrected chi connectivity index (χ0v) is 17.8. The number of rotatable bonds is 4. The van der Waals surface area contributed by atoms with E-state index >= 15 is 0 Å². The third kappa shape index (κ3) is 4.38. The number of ether oxygens (including phenoxy) is 1. The van der Waals surface area contributed by atoms with Gasteiger partial charge in [0.15, 0.2) is 0 Å². The van der Waals surface area contributed by atoms with E-state index in [-0.39, 0.29) is 36.4 Å². The topological polar surface area (TPSA) is 72.6 Å². The highest BCUT2D eigenvalue weighted by molar-refractivity contribution is 9.10. The van der Waals surface area contributed by atoms with E-state index in [0.29, 0.717) is 12.8 Å². The number of benzene rings is 2. The Bertz CT molecular complexity index is 871. The summed E-state index contributed by atoms with van der Waals surface area (Å²) < 4.78 is 6.27. The molecule has 4 atom stereocenters. The minimum Gasteiger partial charge on any atom is -0.447 e. The van der Waals surface area contributed by atoms with E-state index in [1.807, 2.05) is 54.6 Å². The largest absolute Gasteiger partial charge is 0.447 e. The maximum atomic E-state index is 13.5. The Labute approximate surface area is 179 Å². The Hall–Kier alpha value is -2.18. The van der Waals surface area contributed by atoms with Gasteiger partial charge in [-0.05, 0) is 54.9 Å². The van der Waals surface area contributed by atoms with E-state index in [9.17, 15) is 9.59 Å². The first-order valence-corrected chi connectivity index (χ1v) is 10.9. The first-order valence-electron chi connectivity index (χ1n) is 10.1. The van der Waals surface area contributed by atoms with Crippen LogP contribution < -0.4 is 5.73 Å². The van der Waals surface area contributed by atoms with Crippen LogP contribution >= 0.6 is 15.9 Å². The predicted molar refractivity (Wildman–Crippen MR) is 114 cm³/mol. The van der Waals surface area contributed by atoms with Gasteiger partial charge in [0.05, 0.1) is 6.04 Å². The molecule has 152 valence electrons. The van der Waals surface area contributed by atoms with E-state index in [2.05, 4.69) is 15.9 Å². The lowest BCUT2D eigenvalue weighted by Crippen LogP contribution is -2.47. The molecule has 1 saturated carbocycles. The molecule has 2 N–H and O–H groups in total. The SMILES string of the molecule is N[C@@H]1CC[C@@H](C(=O)N2C(=O)OC[C@H]2Cc2ccccc2)[C@H](c2ccc(Br)cc2)C1. The third-order valence-corrected chi connectivity index (χ3v) is 6.55. The second-order valence-corrected chi connectivity index (χ2v) is 8.88. The number of hydrogen-bond acceptors (Lipinski definition) is 4. The molecule has 2 aromatic rings. The lowest BCUT2D eigenvalue weighted by Gasteiger charge is -2.36. The molecule has 2 fully saturated rings. The number of amides is 2. The summed E-state index contributed by atoms with van der Waals surface area (Å²) in [7, 11) is 0. The quantitative estimate of drug-likeness (QED) is 0.745. The van der Waals surface area contributed by atoms with E-state index in [4.69, 9.17) is 10.5 Å². The lowest BCUT2D eigenvalue weighted by molar-refractivity contribution is -0.135. The summed E-state index contributed by atoms with van der Waals surface area (Å²) in [4.78, 5) is 27.4. The zero-order chi connectivity index (χ0) is 20.4. The number of nitrogens with zero attached hydrogens (tertiary/aromatic N) is 1. The lowest BCUT2D eigenvalue weighted by atomic mass is 9.73. The van der Waals surface area contributed by atoms with Crippen molar-refractivity contribution in [2.75, 3.05) is 6.61 Å². The fourth-order valence-corrected chi connectivity index (χ4v) is 4.79. The summed E-state index contributed by atoms with van der Waals surface area (Å²) in [5.74, 6) is -0.390. The molecule has 5 nitrogen and oxygen atoms in total. The van der Waals surface area contributed by atoms with E-state index in [1.165, 1.54) is 4.90 Å². The molecule has 1 heterocycles. The van der Waals surface area contributed by atoms with Crippen LogP contribution in [0.2, 0.25) is 0 Å². The van der Waals surface area contributed by atoms with Gasteiger partial charge >= 0.3 is 6.09 Å². The van der Waals surface area contributed by atoms with Gasteiger partial charge in [-0.1, -0.05) is 58.4 Å². The van der Waals surface area contributed by atoms with Gasteiger partial charge in [-0.25, -0.2) is 9.69 Å². The van der Waals surface area contributed by atoms with Crippen molar-refractivity contribution >= 4 is 27.9 Å². The van der Waals surface area contributed by atoms with Gasteiger partial charge in [-0.3, -0.25) is 4.79 Å². The van der Waals surface area contributed by atoms with Crippen molar-refractivity contribution in [3.63, 3.8) is 0 Å². The van der Waals surface area contributed by atoms with Gasteiger partial charge in [0.1, 0.15) is 6.61 Å². The number of carbonyl (C=O) groups is 2. The first kappa shape index (κ1) is 20.1. The monoisotopic (exact) mass is 456 g/mol. The van der Waals surface area contributed by atoms with Crippen LogP contribution in [0.25, 0.3) is 0 Å². The molecule has 1 aliphatic heterocycles. The number of halogens is 1. The second-order valence-electron chi connectivity index (χ2n) is 7.97. The van der Waals surface area contributed by atoms with Crippen molar-refractivity contribution in [2.45, 2.75) is 43.7 Å². The maximum Gasteiger partial charge on any atom is 0.416 e. The molecule has 0 bridgehead atoms. The predicted octanol–water partition coefficient (Wildman–Crippen LogP) is 4.25. The molecule has 2 aliphatic rings. The minimum atomic E-state index is -0.527. The molecule has 29 heavy (non-hydrogen) atoms. The molecular formula is C23H25BrN2O3. The summed E-state index contributed by atoms with van der Waals surface area (Å²) >= 11 is 3.47. The molecule has 2 aromatic carbocycles. The number of imide groups is 1. The van der Waals surface area contributed by atoms with Crippen LogP contribution in [-0.4, -0.2) is 35.6 Å². The molecule has 0 aromatic heterocycles. The molecular weight excluding hydrogens is 432 g/mol. The fraction of sp³-hybridized carbons (Fsp3) is 0.391. The van der Waals surface area contributed by atoms with Crippen molar-refractivity contribution in [2.24, 2.45) is 11.7 Å². The Morgan fingerprint density at radius 3 is 2.55 bits per heavy atom. The van der Waals surface area contributed by atoms with Gasteiger partial charge in [0, 0.05) is 16.4 Å². The highest BCUT2D eigenvalue weighted by atomic mass is 79.9. The molecule has 0 spiro atoms. The summed E-state index contributed by atoms with van der Waals surface area (Å²) in [6.45, 7) is 0.245. The molecule has 4 rings (SSSR count). The van der Waals surface area contributed by atoms with Gasteiger partial charge in [0.2, 0.25) is 5.91 Å². The normalized spacial score (nSPS) is 27.0. The average Bonchev–Trinajstić information content (AvgIpc) is 3.09. The number of hydrogen-bond donors (Lipinski definition) is 1. The summed E-state index contributed by atoms with van der Waals surface area (Å²) in [5, 5.41) is 0. The summed E-state index contributed by atoms with van der Waals surface area (Å²) in [6, 6.07) is 17.8. The van der Waals surface area contributed by atoms with Crippen LogP contribution in [-0.2, 0) is 16.0 Å². The van der Waals surface area contributed by atoms with Crippen molar-refractivity contribution in [1.82, 2.24) is 4.90 Å². The first-order chi connectivity index (χ1) is 14.0. The Balaban J connectivity index is 1.57. The Morgan fingerprint density at radius 1 is 1.10 bits per heavy atom. The standard InChI is InChI=1S/C23H25BrN2O3/c24-17-8-6-16(7-9-17)21-13-18(25)10-11-20(21)22(27)26-19(14-29-23(26)28)12-15-4-2-1-3-5-15/h1-9,18-21H,10-14,25H2/t18-,19-,20-,21+/m1/s1. The van der Waals surface area contributed by atoms with Crippen LogP contribution in [0.5, 0.6) is 0 Å². The number of cyclic esters (lactones) is 1. The molecule has 1 aliphatic carbocycles. The third-order valence-electron chi connectivity index (χ3n) is 6.02. The van der Waals surface area contributed by atoms with Gasteiger partial charge in [-0.2, -0.15) is 0 Å². The van der Waals surface area contributed by atoms with Crippen molar-refractivity contribution in [3.05, 3.63) is 70.2 Å². The van der Waals surface area contributed by atoms with Crippen molar-refractivity contribution in [3.8, 4) is 0 Å². The van der Waals surface area contributed by atoms with Crippen LogP contribution in [0.3, 0.4) is 0 Å². The summed E-state index contributed by atoms with van der Waals surface area (Å²) in [5.41, 5.74) is 8.42. The van der Waals surface area contributed by atoms with Crippen LogP contribution in [0.1, 0.15) is 36.3 Å². The highest BCUT2D eigenvalue weighted by Crippen LogP contribution is 2.40. The van der Waals surface area contributed by atoms with Gasteiger partial charge < -0.3 is 10.5 Å². The molecule has 1 saturated heterocycles. The average molecular weight is 457 g/mol. The van der Waals surface area contributed by atoms with E-state index in [0.717, 1.165) is 28.4 Å². The van der Waals surface area contributed by atoms with Crippen molar-refractivity contribution < 1.29 is 14.3 Å². The smallest absolute Gasteiger partial charge is 0.416 e.